The lowest BCUT2D eigenvalue weighted by Gasteiger charge is -2.13. The molecule has 1 aliphatic rings. The number of hydrogen-bond acceptors (Lipinski definition) is 2. The van der Waals surface area contributed by atoms with E-state index < -0.39 is 5.97 Å². The van der Waals surface area contributed by atoms with Gasteiger partial charge in [-0.25, -0.2) is 4.79 Å². The molecule has 1 heterocycles. The average molecular weight is 283 g/mol. The van der Waals surface area contributed by atoms with E-state index in [1.165, 1.54) is 12.8 Å². The number of benzene rings is 1. The third kappa shape index (κ3) is 2.65. The number of carbonyl (C=O) groups is 1. The van der Waals surface area contributed by atoms with E-state index in [0.29, 0.717) is 17.4 Å². The topological polar surface area (TPSA) is 50.2 Å². The minimum absolute atomic E-state index is 0.380. The first kappa shape index (κ1) is 14.1. The van der Waals surface area contributed by atoms with Crippen LogP contribution in [0.5, 0.6) is 0 Å². The second-order valence-electron chi connectivity index (χ2n) is 6.31. The maximum absolute atomic E-state index is 11.6. The molecule has 21 heavy (non-hydrogen) atoms. The second kappa shape index (κ2) is 5.47. The van der Waals surface area contributed by atoms with Gasteiger partial charge in [0.2, 0.25) is 0 Å². The number of aromatic nitrogens is 1. The predicted molar refractivity (Wildman–Crippen MR) is 84.0 cm³/mol. The fourth-order valence-electron chi connectivity index (χ4n) is 3.23. The van der Waals surface area contributed by atoms with Gasteiger partial charge in [-0.3, -0.25) is 4.98 Å². The van der Waals surface area contributed by atoms with Gasteiger partial charge in [0.1, 0.15) is 0 Å². The molecule has 1 saturated carbocycles. The molecule has 0 atom stereocenters. The minimum Gasteiger partial charge on any atom is -0.478 e. The zero-order valence-electron chi connectivity index (χ0n) is 12.6. The van der Waals surface area contributed by atoms with E-state index in [1.807, 2.05) is 12.1 Å². The highest BCUT2D eigenvalue weighted by Crippen LogP contribution is 2.35. The third-order valence-corrected chi connectivity index (χ3v) is 4.52. The first-order chi connectivity index (χ1) is 10.1. The van der Waals surface area contributed by atoms with Crippen LogP contribution in [-0.4, -0.2) is 16.1 Å². The Hall–Kier alpha value is -1.90. The number of carboxylic acid groups (broad SMARTS) is 1. The van der Waals surface area contributed by atoms with Gasteiger partial charge in [0.25, 0.3) is 0 Å². The number of fused-ring (bicyclic) bond motifs is 1. The Balaban J connectivity index is 2.18. The molecule has 3 nitrogen and oxygen atoms in total. The maximum Gasteiger partial charge on any atom is 0.336 e. The van der Waals surface area contributed by atoms with Gasteiger partial charge in [-0.15, -0.1) is 0 Å². The smallest absolute Gasteiger partial charge is 0.336 e. The van der Waals surface area contributed by atoms with Crippen LogP contribution in [0.1, 0.15) is 73.0 Å². The molecule has 3 rings (SSSR count). The number of nitrogens with zero attached hydrogens (tertiary/aromatic N) is 1. The fourth-order valence-corrected chi connectivity index (χ4v) is 3.23. The van der Waals surface area contributed by atoms with Crippen LogP contribution in [0.4, 0.5) is 0 Å². The van der Waals surface area contributed by atoms with Crippen molar-refractivity contribution >= 4 is 16.9 Å². The van der Waals surface area contributed by atoms with E-state index in [4.69, 9.17) is 4.98 Å². The summed E-state index contributed by atoms with van der Waals surface area (Å²) in [7, 11) is 0. The zero-order valence-corrected chi connectivity index (χ0v) is 12.6. The Morgan fingerprint density at radius 3 is 2.57 bits per heavy atom. The Kier molecular flexibility index (Phi) is 3.66. The summed E-state index contributed by atoms with van der Waals surface area (Å²) in [6, 6.07) is 7.80. The molecule has 1 fully saturated rings. The van der Waals surface area contributed by atoms with Gasteiger partial charge in [-0.1, -0.05) is 32.8 Å². The van der Waals surface area contributed by atoms with Crippen molar-refractivity contribution in [2.45, 2.75) is 51.4 Å². The van der Waals surface area contributed by atoms with E-state index in [2.05, 4.69) is 19.9 Å². The van der Waals surface area contributed by atoms with Crippen molar-refractivity contribution < 1.29 is 9.90 Å². The quantitative estimate of drug-likeness (QED) is 0.887. The molecular weight excluding hydrogens is 262 g/mol. The van der Waals surface area contributed by atoms with Crippen LogP contribution in [0.25, 0.3) is 10.9 Å². The fraction of sp³-hybridized carbons (Fsp3) is 0.444. The molecule has 1 aliphatic carbocycles. The summed E-state index contributed by atoms with van der Waals surface area (Å²) in [5.41, 5.74) is 3.31. The summed E-state index contributed by atoms with van der Waals surface area (Å²) in [5.74, 6) is -0.0506. The van der Waals surface area contributed by atoms with E-state index in [9.17, 15) is 9.90 Å². The second-order valence-corrected chi connectivity index (χ2v) is 6.31. The van der Waals surface area contributed by atoms with Crippen molar-refractivity contribution in [2.24, 2.45) is 0 Å². The van der Waals surface area contributed by atoms with Crippen molar-refractivity contribution in [1.29, 1.82) is 0 Å². The molecule has 0 amide bonds. The van der Waals surface area contributed by atoms with Crippen molar-refractivity contribution in [1.82, 2.24) is 4.98 Å². The van der Waals surface area contributed by atoms with E-state index in [1.54, 1.807) is 6.07 Å². The molecule has 0 aliphatic heterocycles. The molecule has 3 heteroatoms. The number of aromatic carboxylic acids is 1. The summed E-state index contributed by atoms with van der Waals surface area (Å²) in [6.45, 7) is 4.23. The molecule has 1 aromatic carbocycles. The molecular formula is C18H21NO2. The Bertz CT molecular complexity index is 685. The largest absolute Gasteiger partial charge is 0.478 e. The standard InChI is InChI=1S/C18H21NO2/c1-11(2)13-7-8-16-14(9-13)15(18(20)21)10-17(19-16)12-5-3-4-6-12/h7-12H,3-6H2,1-2H3,(H,20,21). The summed E-state index contributed by atoms with van der Waals surface area (Å²) < 4.78 is 0. The highest BCUT2D eigenvalue weighted by Gasteiger charge is 2.21. The average Bonchev–Trinajstić information content (AvgIpc) is 2.99. The van der Waals surface area contributed by atoms with Gasteiger partial charge >= 0.3 is 5.97 Å². The van der Waals surface area contributed by atoms with Gasteiger partial charge < -0.3 is 5.11 Å². The monoisotopic (exact) mass is 283 g/mol. The summed E-state index contributed by atoms with van der Waals surface area (Å²) >= 11 is 0. The molecule has 0 spiro atoms. The minimum atomic E-state index is -0.859. The van der Waals surface area contributed by atoms with Crippen molar-refractivity contribution in [3.8, 4) is 0 Å². The lowest BCUT2D eigenvalue weighted by atomic mass is 9.96. The predicted octanol–water partition coefficient (Wildman–Crippen LogP) is 4.71. The first-order valence-electron chi connectivity index (χ1n) is 7.74. The maximum atomic E-state index is 11.6. The molecule has 0 radical (unpaired) electrons. The summed E-state index contributed by atoms with van der Waals surface area (Å²) in [6.07, 6.45) is 4.70. The Morgan fingerprint density at radius 1 is 1.24 bits per heavy atom. The normalized spacial score (nSPS) is 16.0. The van der Waals surface area contributed by atoms with Crippen LogP contribution in [0.3, 0.4) is 0 Å². The van der Waals surface area contributed by atoms with E-state index in [0.717, 1.165) is 35.0 Å². The van der Waals surface area contributed by atoms with Gasteiger partial charge in [0.05, 0.1) is 11.1 Å². The number of hydrogen-bond donors (Lipinski definition) is 1. The van der Waals surface area contributed by atoms with Crippen molar-refractivity contribution in [3.05, 3.63) is 41.1 Å². The van der Waals surface area contributed by atoms with Crippen LogP contribution >= 0.6 is 0 Å². The lowest BCUT2D eigenvalue weighted by molar-refractivity contribution is 0.0699. The number of pyridine rings is 1. The van der Waals surface area contributed by atoms with Crippen LogP contribution in [0, 0.1) is 0 Å². The highest BCUT2D eigenvalue weighted by atomic mass is 16.4. The lowest BCUT2D eigenvalue weighted by Crippen LogP contribution is -2.05. The SMILES string of the molecule is CC(C)c1ccc2nc(C3CCCC3)cc(C(=O)O)c2c1. The Morgan fingerprint density at radius 2 is 1.95 bits per heavy atom. The van der Waals surface area contributed by atoms with Gasteiger partial charge in [-0.2, -0.15) is 0 Å². The van der Waals surface area contributed by atoms with E-state index >= 15 is 0 Å². The molecule has 0 bridgehead atoms. The van der Waals surface area contributed by atoms with Crippen LogP contribution in [0.2, 0.25) is 0 Å². The third-order valence-electron chi connectivity index (χ3n) is 4.52. The van der Waals surface area contributed by atoms with Crippen LogP contribution in [-0.2, 0) is 0 Å². The molecule has 0 saturated heterocycles. The van der Waals surface area contributed by atoms with E-state index in [-0.39, 0.29) is 0 Å². The number of rotatable bonds is 3. The molecule has 1 aromatic heterocycles. The molecule has 0 unspecified atom stereocenters. The van der Waals surface area contributed by atoms with Crippen molar-refractivity contribution in [2.75, 3.05) is 0 Å². The molecule has 1 N–H and O–H groups in total. The number of carboxylic acids is 1. The van der Waals surface area contributed by atoms with Gasteiger partial charge in [0, 0.05) is 17.0 Å². The van der Waals surface area contributed by atoms with Crippen LogP contribution < -0.4 is 0 Å². The zero-order chi connectivity index (χ0) is 15.0. The van der Waals surface area contributed by atoms with Gasteiger partial charge in [-0.05, 0) is 42.5 Å². The summed E-state index contributed by atoms with van der Waals surface area (Å²) in [4.78, 5) is 16.4. The molecule has 110 valence electrons. The first-order valence-corrected chi connectivity index (χ1v) is 7.74. The summed E-state index contributed by atoms with van der Waals surface area (Å²) in [5, 5.41) is 10.3. The Labute approximate surface area is 125 Å². The van der Waals surface area contributed by atoms with Crippen LogP contribution in [0.15, 0.2) is 24.3 Å². The molecule has 2 aromatic rings. The van der Waals surface area contributed by atoms with Crippen molar-refractivity contribution in [3.63, 3.8) is 0 Å². The highest BCUT2D eigenvalue weighted by molar-refractivity contribution is 6.02. The van der Waals surface area contributed by atoms with Gasteiger partial charge in [0.15, 0.2) is 0 Å².